The molecule has 4 nitrogen and oxygen atoms in total. The van der Waals surface area contributed by atoms with Crippen LogP contribution in [-0.2, 0) is 27.3 Å². The van der Waals surface area contributed by atoms with Crippen molar-refractivity contribution in [2.75, 3.05) is 13.7 Å². The highest BCUT2D eigenvalue weighted by molar-refractivity contribution is 6.31. The van der Waals surface area contributed by atoms with Gasteiger partial charge >= 0.3 is 5.97 Å². The third-order valence-corrected chi connectivity index (χ3v) is 3.81. The predicted octanol–water partition coefficient (Wildman–Crippen LogP) is 3.22. The van der Waals surface area contributed by atoms with Crippen LogP contribution in [0, 0.1) is 5.82 Å². The first-order valence-electron chi connectivity index (χ1n) is 7.33. The van der Waals surface area contributed by atoms with Crippen molar-refractivity contribution in [1.82, 2.24) is 4.90 Å². The zero-order valence-electron chi connectivity index (χ0n) is 13.2. The second kappa shape index (κ2) is 8.45. The van der Waals surface area contributed by atoms with E-state index in [1.54, 1.807) is 42.5 Å². The maximum atomic E-state index is 13.6. The van der Waals surface area contributed by atoms with Crippen molar-refractivity contribution in [3.05, 3.63) is 70.5 Å². The molecule has 0 aliphatic carbocycles. The molecule has 0 atom stereocenters. The number of esters is 1. The van der Waals surface area contributed by atoms with Gasteiger partial charge in [0.2, 0.25) is 0 Å². The van der Waals surface area contributed by atoms with E-state index in [1.165, 1.54) is 18.0 Å². The minimum Gasteiger partial charge on any atom is -0.455 e. The molecule has 0 saturated heterocycles. The van der Waals surface area contributed by atoms with Crippen molar-refractivity contribution in [2.45, 2.75) is 13.0 Å². The molecular formula is C18H17ClFNO3. The van der Waals surface area contributed by atoms with E-state index in [2.05, 4.69) is 0 Å². The standard InChI is InChI=1S/C18H17ClFNO3/c1-21(11-14-7-3-5-9-16(14)20)17(22)12-24-18(23)10-13-6-2-4-8-15(13)19/h2-9H,10-12H2,1H3. The quantitative estimate of drug-likeness (QED) is 0.752. The molecule has 0 bridgehead atoms. The van der Waals surface area contributed by atoms with E-state index in [4.69, 9.17) is 16.3 Å². The average molecular weight is 350 g/mol. The number of likely N-dealkylation sites (N-methyl/N-ethyl adjacent to an activating group) is 1. The summed E-state index contributed by atoms with van der Waals surface area (Å²) >= 11 is 5.97. The van der Waals surface area contributed by atoms with Crippen LogP contribution in [0.4, 0.5) is 4.39 Å². The SMILES string of the molecule is CN(Cc1ccccc1F)C(=O)COC(=O)Cc1ccccc1Cl. The van der Waals surface area contributed by atoms with Gasteiger partial charge < -0.3 is 9.64 Å². The number of ether oxygens (including phenoxy) is 1. The Morgan fingerprint density at radius 2 is 1.71 bits per heavy atom. The lowest BCUT2D eigenvalue weighted by atomic mass is 10.1. The van der Waals surface area contributed by atoms with Gasteiger partial charge in [-0.2, -0.15) is 0 Å². The highest BCUT2D eigenvalue weighted by atomic mass is 35.5. The predicted molar refractivity (Wildman–Crippen MR) is 89.0 cm³/mol. The molecule has 2 aromatic carbocycles. The minimum atomic E-state index is -0.546. The number of halogens is 2. The smallest absolute Gasteiger partial charge is 0.310 e. The Labute approximate surface area is 144 Å². The number of amides is 1. The van der Waals surface area contributed by atoms with E-state index in [1.807, 2.05) is 0 Å². The Balaban J connectivity index is 1.83. The van der Waals surface area contributed by atoms with Crippen molar-refractivity contribution < 1.29 is 18.7 Å². The van der Waals surface area contributed by atoms with Gasteiger partial charge in [0, 0.05) is 24.2 Å². The minimum absolute atomic E-state index is 0.00994. The summed E-state index contributed by atoms with van der Waals surface area (Å²) in [4.78, 5) is 25.1. The molecule has 2 rings (SSSR count). The number of hydrogen-bond acceptors (Lipinski definition) is 3. The van der Waals surface area contributed by atoms with Crippen LogP contribution in [0.25, 0.3) is 0 Å². The summed E-state index contributed by atoms with van der Waals surface area (Å²) < 4.78 is 18.5. The fourth-order valence-corrected chi connectivity index (χ4v) is 2.27. The van der Waals surface area contributed by atoms with Crippen LogP contribution in [0.2, 0.25) is 5.02 Å². The highest BCUT2D eigenvalue weighted by Gasteiger charge is 2.15. The first-order valence-corrected chi connectivity index (χ1v) is 7.71. The molecule has 24 heavy (non-hydrogen) atoms. The summed E-state index contributed by atoms with van der Waals surface area (Å²) in [5.41, 5.74) is 1.03. The normalized spacial score (nSPS) is 10.3. The molecule has 0 radical (unpaired) electrons. The number of hydrogen-bond donors (Lipinski definition) is 0. The summed E-state index contributed by atoms with van der Waals surface area (Å²) in [5, 5.41) is 0.470. The second-order valence-corrected chi connectivity index (χ2v) is 5.68. The lowest BCUT2D eigenvalue weighted by Crippen LogP contribution is -2.31. The van der Waals surface area contributed by atoms with E-state index in [-0.39, 0.29) is 18.8 Å². The molecule has 0 spiro atoms. The van der Waals surface area contributed by atoms with Crippen molar-refractivity contribution in [2.24, 2.45) is 0 Å². The lowest BCUT2D eigenvalue weighted by molar-refractivity contribution is -0.151. The Morgan fingerprint density at radius 1 is 1.08 bits per heavy atom. The average Bonchev–Trinajstić information content (AvgIpc) is 2.56. The van der Waals surface area contributed by atoms with Gasteiger partial charge in [-0.1, -0.05) is 48.0 Å². The van der Waals surface area contributed by atoms with Crippen molar-refractivity contribution in [3.8, 4) is 0 Å². The van der Waals surface area contributed by atoms with Crippen LogP contribution < -0.4 is 0 Å². The zero-order valence-corrected chi connectivity index (χ0v) is 13.9. The summed E-state index contributed by atoms with van der Waals surface area (Å²) in [5.74, 6) is -1.34. The summed E-state index contributed by atoms with van der Waals surface area (Å²) in [6, 6.07) is 13.1. The number of carbonyl (C=O) groups is 2. The first kappa shape index (κ1) is 17.9. The maximum absolute atomic E-state index is 13.6. The summed E-state index contributed by atoms with van der Waals surface area (Å²) in [6.07, 6.45) is -0.00994. The van der Waals surface area contributed by atoms with Gasteiger partial charge in [-0.15, -0.1) is 0 Å². The van der Waals surface area contributed by atoms with Gasteiger partial charge in [0.15, 0.2) is 6.61 Å². The maximum Gasteiger partial charge on any atom is 0.310 e. The number of carbonyl (C=O) groups excluding carboxylic acids is 2. The molecular weight excluding hydrogens is 333 g/mol. The second-order valence-electron chi connectivity index (χ2n) is 5.27. The van der Waals surface area contributed by atoms with Gasteiger partial charge in [-0.05, 0) is 17.7 Å². The topological polar surface area (TPSA) is 46.6 Å². The van der Waals surface area contributed by atoms with Gasteiger partial charge in [0.1, 0.15) is 5.82 Å². The molecule has 0 aliphatic rings. The number of nitrogens with zero attached hydrogens (tertiary/aromatic N) is 1. The van der Waals surface area contributed by atoms with E-state index in [0.717, 1.165) is 0 Å². The molecule has 0 N–H and O–H groups in total. The lowest BCUT2D eigenvalue weighted by Gasteiger charge is -2.17. The molecule has 0 aromatic heterocycles. The molecule has 6 heteroatoms. The molecule has 0 saturated carbocycles. The zero-order chi connectivity index (χ0) is 17.5. The first-order chi connectivity index (χ1) is 11.5. The molecule has 1 amide bonds. The van der Waals surface area contributed by atoms with Crippen LogP contribution in [0.1, 0.15) is 11.1 Å². The number of rotatable bonds is 6. The molecule has 126 valence electrons. The van der Waals surface area contributed by atoms with Crippen molar-refractivity contribution in [3.63, 3.8) is 0 Å². The fourth-order valence-electron chi connectivity index (χ4n) is 2.07. The Bertz CT molecular complexity index is 736. The molecule has 2 aromatic rings. The molecule has 0 heterocycles. The van der Waals surface area contributed by atoms with Crippen molar-refractivity contribution >= 4 is 23.5 Å². The van der Waals surface area contributed by atoms with Crippen LogP contribution in [0.15, 0.2) is 48.5 Å². The number of benzene rings is 2. The Hall–Kier alpha value is -2.40. The van der Waals surface area contributed by atoms with Gasteiger partial charge in [0.25, 0.3) is 5.91 Å². The monoisotopic (exact) mass is 349 g/mol. The Kier molecular flexibility index (Phi) is 6.32. The highest BCUT2D eigenvalue weighted by Crippen LogP contribution is 2.15. The summed E-state index contributed by atoms with van der Waals surface area (Å²) in [7, 11) is 1.52. The van der Waals surface area contributed by atoms with Crippen LogP contribution in [0.5, 0.6) is 0 Å². The van der Waals surface area contributed by atoms with E-state index in [9.17, 15) is 14.0 Å². The van der Waals surface area contributed by atoms with E-state index >= 15 is 0 Å². The molecule has 0 aliphatic heterocycles. The van der Waals surface area contributed by atoms with Crippen LogP contribution in [-0.4, -0.2) is 30.4 Å². The van der Waals surface area contributed by atoms with Crippen molar-refractivity contribution in [1.29, 1.82) is 0 Å². The van der Waals surface area contributed by atoms with Gasteiger partial charge in [0.05, 0.1) is 6.42 Å². The van der Waals surface area contributed by atoms with Gasteiger partial charge in [-0.25, -0.2) is 4.39 Å². The third kappa shape index (κ3) is 5.06. The molecule has 0 unspecified atom stereocenters. The van der Waals surface area contributed by atoms with E-state index < -0.39 is 18.5 Å². The molecule has 0 fully saturated rings. The van der Waals surface area contributed by atoms with Gasteiger partial charge in [-0.3, -0.25) is 9.59 Å². The fraction of sp³-hybridized carbons (Fsp3) is 0.222. The largest absolute Gasteiger partial charge is 0.455 e. The van der Waals surface area contributed by atoms with E-state index in [0.29, 0.717) is 16.1 Å². The van der Waals surface area contributed by atoms with Crippen LogP contribution >= 0.6 is 11.6 Å². The van der Waals surface area contributed by atoms with Crippen LogP contribution in [0.3, 0.4) is 0 Å². The Morgan fingerprint density at radius 3 is 2.38 bits per heavy atom. The summed E-state index contributed by atoms with van der Waals surface area (Å²) in [6.45, 7) is -0.290. The third-order valence-electron chi connectivity index (χ3n) is 3.44.